The van der Waals surface area contributed by atoms with Gasteiger partial charge >= 0.3 is 6.03 Å². The molecule has 140 valence electrons. The summed E-state index contributed by atoms with van der Waals surface area (Å²) in [5, 5.41) is 4.86. The van der Waals surface area contributed by atoms with Gasteiger partial charge in [-0.25, -0.2) is 9.80 Å². The van der Waals surface area contributed by atoms with E-state index in [1.54, 1.807) is 19.2 Å². The zero-order chi connectivity index (χ0) is 19.4. The zero-order valence-electron chi connectivity index (χ0n) is 14.6. The lowest BCUT2D eigenvalue weighted by Gasteiger charge is -2.11. The number of hydrogen-bond acceptors (Lipinski definition) is 7. The van der Waals surface area contributed by atoms with Crippen LogP contribution in [-0.2, 0) is 9.59 Å². The minimum atomic E-state index is -0.795. The normalized spacial score (nSPS) is 14.4. The number of furan rings is 1. The predicted octanol–water partition coefficient (Wildman–Crippen LogP) is 1.43. The van der Waals surface area contributed by atoms with Gasteiger partial charge in [-0.05, 0) is 36.4 Å². The summed E-state index contributed by atoms with van der Waals surface area (Å²) >= 11 is 0. The molecule has 9 nitrogen and oxygen atoms in total. The molecule has 0 bridgehead atoms. The Morgan fingerprint density at radius 2 is 2.00 bits per heavy atom. The molecule has 0 unspecified atom stereocenters. The molecule has 2 heterocycles. The Morgan fingerprint density at radius 1 is 1.26 bits per heavy atom. The van der Waals surface area contributed by atoms with E-state index in [0.717, 1.165) is 16.3 Å². The van der Waals surface area contributed by atoms with Crippen molar-refractivity contribution in [3.05, 3.63) is 42.2 Å². The quantitative estimate of drug-likeness (QED) is 0.607. The molecule has 4 amide bonds. The maximum atomic E-state index is 12.2. The maximum Gasteiger partial charge on any atom is 0.354 e. The number of carbonyl (C=O) groups is 3. The molecular formula is C18H18N4O5. The molecule has 1 aliphatic rings. The number of imide groups is 3. The predicted molar refractivity (Wildman–Crippen MR) is 95.9 cm³/mol. The molecule has 1 fully saturated rings. The molecule has 0 spiro atoms. The lowest BCUT2D eigenvalue weighted by molar-refractivity contribution is -0.138. The van der Waals surface area contributed by atoms with Crippen molar-refractivity contribution in [2.45, 2.75) is 6.42 Å². The molecule has 0 atom stereocenters. The van der Waals surface area contributed by atoms with Gasteiger partial charge in [0.1, 0.15) is 23.8 Å². The standard InChI is InChI=1S/C18H18N4O5/c1-26-13-4-2-12(3-5-13)15-7-6-14(27-15)10-20-21-11-17(24)22(18(21)25)16(23)8-9-19/h2-7,10H,8-9,11,19H2,1H3/b20-10+. The van der Waals surface area contributed by atoms with Gasteiger partial charge in [0.25, 0.3) is 5.91 Å². The van der Waals surface area contributed by atoms with Crippen LogP contribution in [0.15, 0.2) is 45.9 Å². The molecule has 1 aromatic heterocycles. The van der Waals surface area contributed by atoms with Crippen molar-refractivity contribution in [2.75, 3.05) is 20.2 Å². The van der Waals surface area contributed by atoms with Crippen molar-refractivity contribution in [2.24, 2.45) is 10.8 Å². The Hall–Kier alpha value is -3.46. The average Bonchev–Trinajstić information content (AvgIpc) is 3.24. The number of urea groups is 1. The van der Waals surface area contributed by atoms with Crippen LogP contribution in [0.2, 0.25) is 0 Å². The molecule has 0 saturated carbocycles. The monoisotopic (exact) mass is 370 g/mol. The summed E-state index contributed by atoms with van der Waals surface area (Å²) in [5.74, 6) is 0.479. The van der Waals surface area contributed by atoms with Gasteiger partial charge < -0.3 is 14.9 Å². The number of methoxy groups -OCH3 is 1. The number of nitrogens with zero attached hydrogens (tertiary/aromatic N) is 3. The Balaban J connectivity index is 1.70. The molecule has 3 rings (SSSR count). The lowest BCUT2D eigenvalue weighted by atomic mass is 10.2. The molecule has 0 aliphatic carbocycles. The largest absolute Gasteiger partial charge is 0.497 e. The Bertz CT molecular complexity index is 887. The van der Waals surface area contributed by atoms with Crippen LogP contribution < -0.4 is 10.5 Å². The van der Waals surface area contributed by atoms with E-state index in [1.165, 1.54) is 6.21 Å². The first-order chi connectivity index (χ1) is 13.0. The van der Waals surface area contributed by atoms with Crippen LogP contribution in [0.1, 0.15) is 12.2 Å². The van der Waals surface area contributed by atoms with Gasteiger partial charge in [0, 0.05) is 18.5 Å². The number of amides is 4. The molecule has 0 radical (unpaired) electrons. The lowest BCUT2D eigenvalue weighted by Crippen LogP contribution is -2.38. The Labute approximate surface area is 155 Å². The van der Waals surface area contributed by atoms with Gasteiger partial charge in [0.15, 0.2) is 0 Å². The molecule has 1 aliphatic heterocycles. The van der Waals surface area contributed by atoms with E-state index in [-0.39, 0.29) is 19.5 Å². The molecule has 1 aromatic carbocycles. The fraction of sp³-hybridized carbons (Fsp3) is 0.222. The zero-order valence-corrected chi connectivity index (χ0v) is 14.6. The highest BCUT2D eigenvalue weighted by molar-refractivity contribution is 6.15. The summed E-state index contributed by atoms with van der Waals surface area (Å²) < 4.78 is 10.8. The van der Waals surface area contributed by atoms with Gasteiger partial charge in [-0.1, -0.05) is 0 Å². The summed E-state index contributed by atoms with van der Waals surface area (Å²) in [6.45, 7) is -0.253. The molecule has 1 saturated heterocycles. The van der Waals surface area contributed by atoms with E-state index in [1.807, 2.05) is 24.3 Å². The van der Waals surface area contributed by atoms with Gasteiger partial charge in [-0.2, -0.15) is 10.0 Å². The average molecular weight is 370 g/mol. The van der Waals surface area contributed by atoms with Crippen LogP contribution in [0.5, 0.6) is 5.75 Å². The highest BCUT2D eigenvalue weighted by atomic mass is 16.5. The smallest absolute Gasteiger partial charge is 0.354 e. The van der Waals surface area contributed by atoms with E-state index in [0.29, 0.717) is 16.4 Å². The Morgan fingerprint density at radius 3 is 2.67 bits per heavy atom. The summed E-state index contributed by atoms with van der Waals surface area (Å²) in [6, 6.07) is 9.97. The number of hydrogen-bond donors (Lipinski definition) is 1. The summed E-state index contributed by atoms with van der Waals surface area (Å²) in [4.78, 5) is 36.4. The van der Waals surface area contributed by atoms with Crippen molar-refractivity contribution in [1.29, 1.82) is 0 Å². The maximum absolute atomic E-state index is 12.2. The van der Waals surface area contributed by atoms with Crippen LogP contribution in [0, 0.1) is 0 Å². The minimum absolute atomic E-state index is 0.0553. The SMILES string of the molecule is COc1ccc(-c2ccc(/C=N/N3CC(=O)N(C(=O)CCN)C3=O)o2)cc1. The summed E-state index contributed by atoms with van der Waals surface area (Å²) in [6.07, 6.45) is 1.23. The highest BCUT2D eigenvalue weighted by Gasteiger charge is 2.40. The number of benzene rings is 1. The third-order valence-electron chi connectivity index (χ3n) is 3.88. The fourth-order valence-corrected chi connectivity index (χ4v) is 2.52. The van der Waals surface area contributed by atoms with Crippen LogP contribution in [-0.4, -0.2) is 54.2 Å². The van der Waals surface area contributed by atoms with Gasteiger partial charge in [0.05, 0.1) is 13.3 Å². The van der Waals surface area contributed by atoms with Crippen molar-refractivity contribution >= 4 is 24.1 Å². The van der Waals surface area contributed by atoms with E-state index in [9.17, 15) is 14.4 Å². The second-order valence-electron chi connectivity index (χ2n) is 5.68. The van der Waals surface area contributed by atoms with E-state index < -0.39 is 17.8 Å². The minimum Gasteiger partial charge on any atom is -0.497 e. The topological polar surface area (TPSA) is 118 Å². The van der Waals surface area contributed by atoms with E-state index >= 15 is 0 Å². The molecule has 27 heavy (non-hydrogen) atoms. The molecule has 9 heteroatoms. The number of rotatable bonds is 6. The van der Waals surface area contributed by atoms with Gasteiger partial charge in [-0.3, -0.25) is 9.59 Å². The Kier molecular flexibility index (Phi) is 5.32. The van der Waals surface area contributed by atoms with Gasteiger partial charge in [0.2, 0.25) is 5.91 Å². The first-order valence-corrected chi connectivity index (χ1v) is 8.19. The highest BCUT2D eigenvalue weighted by Crippen LogP contribution is 2.24. The summed E-state index contributed by atoms with van der Waals surface area (Å²) in [5.41, 5.74) is 6.14. The van der Waals surface area contributed by atoms with Gasteiger partial charge in [-0.15, -0.1) is 0 Å². The van der Waals surface area contributed by atoms with E-state index in [2.05, 4.69) is 5.10 Å². The van der Waals surface area contributed by atoms with Crippen molar-refractivity contribution in [1.82, 2.24) is 9.91 Å². The third-order valence-corrected chi connectivity index (χ3v) is 3.88. The van der Waals surface area contributed by atoms with Crippen molar-refractivity contribution < 1.29 is 23.5 Å². The number of ether oxygens (including phenoxy) is 1. The van der Waals surface area contributed by atoms with E-state index in [4.69, 9.17) is 14.9 Å². The number of hydrazone groups is 1. The third kappa shape index (κ3) is 3.87. The summed E-state index contributed by atoms with van der Waals surface area (Å²) in [7, 11) is 1.59. The molecular weight excluding hydrogens is 352 g/mol. The molecule has 2 N–H and O–H groups in total. The van der Waals surface area contributed by atoms with Crippen LogP contribution in [0.3, 0.4) is 0 Å². The second kappa shape index (κ2) is 7.83. The first kappa shape index (κ1) is 18.3. The first-order valence-electron chi connectivity index (χ1n) is 8.19. The number of carbonyl (C=O) groups excluding carboxylic acids is 3. The van der Waals surface area contributed by atoms with Crippen molar-refractivity contribution in [3.63, 3.8) is 0 Å². The second-order valence-corrected chi connectivity index (χ2v) is 5.68. The fourth-order valence-electron chi connectivity index (χ4n) is 2.52. The van der Waals surface area contributed by atoms with Crippen LogP contribution in [0.4, 0.5) is 4.79 Å². The molecule has 2 aromatic rings. The van der Waals surface area contributed by atoms with Crippen LogP contribution >= 0.6 is 0 Å². The number of nitrogens with two attached hydrogens (primary N) is 1. The van der Waals surface area contributed by atoms with Crippen molar-refractivity contribution in [3.8, 4) is 17.1 Å². The van der Waals surface area contributed by atoms with Crippen LogP contribution in [0.25, 0.3) is 11.3 Å².